The fourth-order valence-electron chi connectivity index (χ4n) is 3.53. The predicted molar refractivity (Wildman–Crippen MR) is 103 cm³/mol. The molecule has 0 aliphatic heterocycles. The van der Waals surface area contributed by atoms with E-state index in [-0.39, 0.29) is 18.0 Å². The molecule has 3 amide bonds. The van der Waals surface area contributed by atoms with Crippen LogP contribution in [0, 0.1) is 11.8 Å². The number of amides is 3. The minimum atomic E-state index is 0.00786. The number of hydrogen-bond donors (Lipinski definition) is 1. The van der Waals surface area contributed by atoms with E-state index in [0.29, 0.717) is 30.0 Å². The SMILES string of the molecule is CC(C)N(C)C(=O)c1ccc(CNC(=O)N(C)C(C2CC2)C2CC2)cc1. The summed E-state index contributed by atoms with van der Waals surface area (Å²) in [5.41, 5.74) is 1.68. The first-order valence-corrected chi connectivity index (χ1v) is 9.75. The topological polar surface area (TPSA) is 52.7 Å². The van der Waals surface area contributed by atoms with Crippen molar-refractivity contribution in [1.29, 1.82) is 0 Å². The van der Waals surface area contributed by atoms with Crippen LogP contribution in [0.25, 0.3) is 0 Å². The first-order chi connectivity index (χ1) is 12.4. The number of nitrogens with one attached hydrogen (secondary N) is 1. The van der Waals surface area contributed by atoms with E-state index in [4.69, 9.17) is 0 Å². The molecule has 1 aromatic carbocycles. The van der Waals surface area contributed by atoms with Crippen molar-refractivity contribution >= 4 is 11.9 Å². The summed E-state index contributed by atoms with van der Waals surface area (Å²) in [6, 6.07) is 8.10. The van der Waals surface area contributed by atoms with Crippen LogP contribution in [0.4, 0.5) is 4.79 Å². The maximum absolute atomic E-state index is 12.5. The molecule has 2 aliphatic carbocycles. The second-order valence-electron chi connectivity index (χ2n) is 8.14. The standard InChI is InChI=1S/C21H31N3O2/c1-14(2)23(3)20(25)18-7-5-15(6-8-18)13-22-21(26)24(4)19(16-9-10-16)17-11-12-17/h5-8,14,16-17,19H,9-13H2,1-4H3,(H,22,26). The van der Waals surface area contributed by atoms with Crippen molar-refractivity contribution in [3.05, 3.63) is 35.4 Å². The van der Waals surface area contributed by atoms with Gasteiger partial charge in [-0.1, -0.05) is 12.1 Å². The molecule has 26 heavy (non-hydrogen) atoms. The van der Waals surface area contributed by atoms with Crippen molar-refractivity contribution in [2.24, 2.45) is 11.8 Å². The maximum Gasteiger partial charge on any atom is 0.317 e. The minimum Gasteiger partial charge on any atom is -0.339 e. The highest BCUT2D eigenvalue weighted by atomic mass is 16.2. The fourth-order valence-corrected chi connectivity index (χ4v) is 3.53. The third kappa shape index (κ3) is 4.37. The Labute approximate surface area is 156 Å². The molecule has 0 saturated heterocycles. The minimum absolute atomic E-state index is 0.00786. The zero-order valence-corrected chi connectivity index (χ0v) is 16.4. The fraction of sp³-hybridized carbons (Fsp3) is 0.619. The van der Waals surface area contributed by atoms with E-state index in [2.05, 4.69) is 5.32 Å². The van der Waals surface area contributed by atoms with Gasteiger partial charge in [0.1, 0.15) is 0 Å². The van der Waals surface area contributed by atoms with Crippen molar-refractivity contribution in [2.45, 2.75) is 58.2 Å². The molecule has 2 saturated carbocycles. The summed E-state index contributed by atoms with van der Waals surface area (Å²) in [6.45, 7) is 4.48. The highest BCUT2D eigenvalue weighted by molar-refractivity contribution is 5.94. The molecule has 142 valence electrons. The van der Waals surface area contributed by atoms with E-state index in [1.54, 1.807) is 4.90 Å². The molecular formula is C21H31N3O2. The third-order valence-electron chi connectivity index (χ3n) is 5.72. The molecule has 0 heterocycles. The lowest BCUT2D eigenvalue weighted by Gasteiger charge is -2.28. The van der Waals surface area contributed by atoms with Gasteiger partial charge in [-0.25, -0.2) is 4.79 Å². The van der Waals surface area contributed by atoms with Gasteiger partial charge in [0.05, 0.1) is 0 Å². The van der Waals surface area contributed by atoms with Gasteiger partial charge in [-0.05, 0) is 69.1 Å². The largest absolute Gasteiger partial charge is 0.339 e. The smallest absolute Gasteiger partial charge is 0.317 e. The van der Waals surface area contributed by atoms with Crippen molar-refractivity contribution in [2.75, 3.05) is 14.1 Å². The Morgan fingerprint density at radius 3 is 2.00 bits per heavy atom. The molecule has 0 bridgehead atoms. The Morgan fingerprint density at radius 2 is 1.54 bits per heavy atom. The first-order valence-electron chi connectivity index (χ1n) is 9.75. The Morgan fingerprint density at radius 1 is 1.00 bits per heavy atom. The van der Waals surface area contributed by atoms with E-state index in [9.17, 15) is 9.59 Å². The van der Waals surface area contributed by atoms with Gasteiger partial charge < -0.3 is 15.1 Å². The van der Waals surface area contributed by atoms with Crippen LogP contribution in [0.2, 0.25) is 0 Å². The van der Waals surface area contributed by atoms with Gasteiger partial charge in [0, 0.05) is 38.3 Å². The molecule has 5 nitrogen and oxygen atoms in total. The zero-order valence-electron chi connectivity index (χ0n) is 16.4. The lowest BCUT2D eigenvalue weighted by Crippen LogP contribution is -2.45. The van der Waals surface area contributed by atoms with Crippen molar-refractivity contribution in [1.82, 2.24) is 15.1 Å². The van der Waals surface area contributed by atoms with Crippen LogP contribution in [0.5, 0.6) is 0 Å². The molecule has 0 unspecified atom stereocenters. The molecule has 0 spiro atoms. The molecular weight excluding hydrogens is 326 g/mol. The van der Waals surface area contributed by atoms with Gasteiger partial charge in [0.2, 0.25) is 0 Å². The predicted octanol–water partition coefficient (Wildman–Crippen LogP) is 3.50. The quantitative estimate of drug-likeness (QED) is 0.812. The number of nitrogens with zero attached hydrogens (tertiary/aromatic N) is 2. The number of urea groups is 1. The van der Waals surface area contributed by atoms with Crippen LogP contribution >= 0.6 is 0 Å². The van der Waals surface area contributed by atoms with Crippen LogP contribution in [0.1, 0.15) is 55.5 Å². The zero-order chi connectivity index (χ0) is 18.8. The monoisotopic (exact) mass is 357 g/mol. The van der Waals surface area contributed by atoms with Crippen molar-refractivity contribution in [3.8, 4) is 0 Å². The van der Waals surface area contributed by atoms with Crippen LogP contribution in [0.15, 0.2) is 24.3 Å². The summed E-state index contributed by atoms with van der Waals surface area (Å²) in [6.07, 6.45) is 5.05. The second kappa shape index (κ2) is 7.68. The van der Waals surface area contributed by atoms with Gasteiger partial charge in [0.25, 0.3) is 5.91 Å². The summed E-state index contributed by atoms with van der Waals surface area (Å²) in [5, 5.41) is 3.03. The second-order valence-corrected chi connectivity index (χ2v) is 8.14. The van der Waals surface area contributed by atoms with Crippen LogP contribution in [0.3, 0.4) is 0 Å². The van der Waals surface area contributed by atoms with Crippen molar-refractivity contribution < 1.29 is 9.59 Å². The summed E-state index contributed by atoms with van der Waals surface area (Å²) >= 11 is 0. The van der Waals surface area contributed by atoms with E-state index >= 15 is 0 Å². The lowest BCUT2D eigenvalue weighted by atomic mass is 10.1. The van der Waals surface area contributed by atoms with E-state index in [1.165, 1.54) is 25.7 Å². The normalized spacial score (nSPS) is 16.7. The Kier molecular flexibility index (Phi) is 5.54. The number of carbonyl (C=O) groups is 2. The molecule has 0 radical (unpaired) electrons. The number of rotatable bonds is 7. The van der Waals surface area contributed by atoms with Crippen LogP contribution in [-0.2, 0) is 6.54 Å². The number of hydrogen-bond acceptors (Lipinski definition) is 2. The summed E-state index contributed by atoms with van der Waals surface area (Å²) in [7, 11) is 3.74. The van der Waals surface area contributed by atoms with Gasteiger partial charge in [-0.2, -0.15) is 0 Å². The van der Waals surface area contributed by atoms with E-state index in [1.807, 2.05) is 57.1 Å². The van der Waals surface area contributed by atoms with Gasteiger partial charge in [0.15, 0.2) is 0 Å². The summed E-state index contributed by atoms with van der Waals surface area (Å²) in [5.74, 6) is 1.44. The average molecular weight is 357 g/mol. The summed E-state index contributed by atoms with van der Waals surface area (Å²) in [4.78, 5) is 28.5. The lowest BCUT2D eigenvalue weighted by molar-refractivity contribution is 0.0755. The molecule has 3 rings (SSSR count). The molecule has 5 heteroatoms. The van der Waals surface area contributed by atoms with Crippen LogP contribution in [-0.4, -0.2) is 47.9 Å². The molecule has 1 aromatic rings. The van der Waals surface area contributed by atoms with E-state index < -0.39 is 0 Å². The van der Waals surface area contributed by atoms with Crippen LogP contribution < -0.4 is 5.32 Å². The highest BCUT2D eigenvalue weighted by Gasteiger charge is 2.44. The Hall–Kier alpha value is -2.04. The van der Waals surface area contributed by atoms with Gasteiger partial charge in [-0.3, -0.25) is 4.79 Å². The number of benzene rings is 1. The Bertz CT molecular complexity index is 636. The van der Waals surface area contributed by atoms with Gasteiger partial charge in [-0.15, -0.1) is 0 Å². The van der Waals surface area contributed by atoms with Crippen molar-refractivity contribution in [3.63, 3.8) is 0 Å². The number of carbonyl (C=O) groups excluding carboxylic acids is 2. The maximum atomic E-state index is 12.5. The van der Waals surface area contributed by atoms with E-state index in [0.717, 1.165) is 5.56 Å². The molecule has 1 N–H and O–H groups in total. The molecule has 0 atom stereocenters. The van der Waals surface area contributed by atoms with Gasteiger partial charge >= 0.3 is 6.03 Å². The molecule has 0 aromatic heterocycles. The average Bonchev–Trinajstić information content (AvgIpc) is 3.53. The summed E-state index contributed by atoms with van der Waals surface area (Å²) < 4.78 is 0. The molecule has 2 fully saturated rings. The first kappa shape index (κ1) is 18.7. The highest BCUT2D eigenvalue weighted by Crippen LogP contribution is 2.46. The third-order valence-corrected chi connectivity index (χ3v) is 5.72. The molecule has 2 aliphatic rings. The Balaban J connectivity index is 1.52.